The number of hydrogen-bond acceptors (Lipinski definition) is 6. The molecule has 26 heavy (non-hydrogen) atoms. The van der Waals surface area contributed by atoms with E-state index in [1.165, 1.54) is 5.57 Å². The summed E-state index contributed by atoms with van der Waals surface area (Å²) in [4.78, 5) is 17.1. The van der Waals surface area contributed by atoms with Gasteiger partial charge in [-0.05, 0) is 27.2 Å². The van der Waals surface area contributed by atoms with Crippen molar-refractivity contribution in [2.45, 2.75) is 46.2 Å². The molecule has 2 saturated heterocycles. The summed E-state index contributed by atoms with van der Waals surface area (Å²) >= 11 is 0. The first kappa shape index (κ1) is 19.1. The number of rotatable bonds is 4. The van der Waals surface area contributed by atoms with E-state index in [2.05, 4.69) is 16.1 Å². The first-order valence-electron chi connectivity index (χ1n) is 9.07. The Balaban J connectivity index is 1.89. The van der Waals surface area contributed by atoms with Crippen molar-refractivity contribution >= 4 is 15.7 Å². The van der Waals surface area contributed by atoms with Gasteiger partial charge in [-0.25, -0.2) is 8.42 Å². The van der Waals surface area contributed by atoms with Gasteiger partial charge in [0.25, 0.3) is 5.91 Å². The Morgan fingerprint density at radius 1 is 1.27 bits per heavy atom. The van der Waals surface area contributed by atoms with Gasteiger partial charge in [0.1, 0.15) is 11.3 Å². The molecule has 0 bridgehead atoms. The molecule has 144 valence electrons. The molecule has 8 heteroatoms. The maximum absolute atomic E-state index is 13.2. The lowest BCUT2D eigenvalue weighted by Crippen LogP contribution is -2.60. The SMILES string of the molecule is CCc1noc(C)c1C(=O)N1CCN(CC=C(C)C)C2CS(=O)(=O)CC21. The lowest BCUT2D eigenvalue weighted by atomic mass is 10.0. The number of piperazine rings is 1. The Labute approximate surface area is 154 Å². The fourth-order valence-corrected chi connectivity index (χ4v) is 5.89. The molecule has 0 saturated carbocycles. The molecule has 2 atom stereocenters. The summed E-state index contributed by atoms with van der Waals surface area (Å²) in [6.45, 7) is 9.61. The van der Waals surface area contributed by atoms with E-state index in [4.69, 9.17) is 4.52 Å². The van der Waals surface area contributed by atoms with Crippen LogP contribution in [0.1, 0.15) is 42.6 Å². The van der Waals surface area contributed by atoms with Gasteiger partial charge in [0.05, 0.1) is 23.2 Å². The van der Waals surface area contributed by atoms with Crippen molar-refractivity contribution in [3.8, 4) is 0 Å². The number of fused-ring (bicyclic) bond motifs is 1. The van der Waals surface area contributed by atoms with Crippen LogP contribution >= 0.6 is 0 Å². The second-order valence-corrected chi connectivity index (χ2v) is 9.55. The van der Waals surface area contributed by atoms with Crippen LogP contribution in [-0.4, -0.2) is 72.5 Å². The highest BCUT2D eigenvalue weighted by Crippen LogP contribution is 2.29. The molecule has 2 aliphatic rings. The molecule has 1 amide bonds. The average Bonchev–Trinajstić information content (AvgIpc) is 3.10. The zero-order valence-corrected chi connectivity index (χ0v) is 16.7. The summed E-state index contributed by atoms with van der Waals surface area (Å²) in [5.41, 5.74) is 2.33. The minimum atomic E-state index is -3.16. The molecule has 2 aliphatic heterocycles. The Morgan fingerprint density at radius 3 is 2.62 bits per heavy atom. The molecule has 1 aromatic heterocycles. The van der Waals surface area contributed by atoms with Crippen LogP contribution < -0.4 is 0 Å². The van der Waals surface area contributed by atoms with Gasteiger partial charge in [-0.2, -0.15) is 0 Å². The van der Waals surface area contributed by atoms with Crippen molar-refractivity contribution in [3.63, 3.8) is 0 Å². The first-order chi connectivity index (χ1) is 12.2. The number of allylic oxidation sites excluding steroid dienone is 1. The van der Waals surface area contributed by atoms with Gasteiger partial charge in [0.2, 0.25) is 0 Å². The van der Waals surface area contributed by atoms with E-state index < -0.39 is 9.84 Å². The van der Waals surface area contributed by atoms with E-state index in [1.807, 2.05) is 20.8 Å². The Morgan fingerprint density at radius 2 is 1.96 bits per heavy atom. The fourth-order valence-electron chi connectivity index (χ4n) is 3.88. The van der Waals surface area contributed by atoms with Crippen LogP contribution in [0.2, 0.25) is 0 Å². The van der Waals surface area contributed by atoms with Gasteiger partial charge in [-0.3, -0.25) is 9.69 Å². The zero-order valence-electron chi connectivity index (χ0n) is 15.9. The van der Waals surface area contributed by atoms with E-state index in [0.29, 0.717) is 43.1 Å². The maximum Gasteiger partial charge on any atom is 0.259 e. The summed E-state index contributed by atoms with van der Waals surface area (Å²) in [5, 5.41) is 3.97. The highest BCUT2D eigenvalue weighted by atomic mass is 32.2. The van der Waals surface area contributed by atoms with Crippen molar-refractivity contribution in [2.75, 3.05) is 31.1 Å². The van der Waals surface area contributed by atoms with Crippen LogP contribution in [0, 0.1) is 6.92 Å². The molecular formula is C18H27N3O4S. The normalized spacial score (nSPS) is 25.2. The number of carbonyl (C=O) groups is 1. The minimum absolute atomic E-state index is 0.0283. The molecule has 2 fully saturated rings. The van der Waals surface area contributed by atoms with Gasteiger partial charge < -0.3 is 9.42 Å². The van der Waals surface area contributed by atoms with Crippen molar-refractivity contribution in [2.24, 2.45) is 0 Å². The van der Waals surface area contributed by atoms with Crippen LogP contribution in [0.4, 0.5) is 0 Å². The molecule has 7 nitrogen and oxygen atoms in total. The van der Waals surface area contributed by atoms with E-state index in [9.17, 15) is 13.2 Å². The molecule has 2 unspecified atom stereocenters. The average molecular weight is 381 g/mol. The number of aryl methyl sites for hydroxylation is 2. The van der Waals surface area contributed by atoms with Crippen molar-refractivity contribution in [1.82, 2.24) is 15.0 Å². The van der Waals surface area contributed by atoms with E-state index in [-0.39, 0.29) is 29.5 Å². The monoisotopic (exact) mass is 381 g/mol. The third kappa shape index (κ3) is 3.57. The summed E-state index contributed by atoms with van der Waals surface area (Å²) in [7, 11) is -3.16. The smallest absolute Gasteiger partial charge is 0.259 e. The summed E-state index contributed by atoms with van der Waals surface area (Å²) in [5.74, 6) is 0.479. The number of carbonyl (C=O) groups excluding carboxylic acids is 1. The van der Waals surface area contributed by atoms with Gasteiger partial charge in [-0.15, -0.1) is 0 Å². The van der Waals surface area contributed by atoms with E-state index in [0.717, 1.165) is 0 Å². The molecule has 0 spiro atoms. The summed E-state index contributed by atoms with van der Waals surface area (Å²) in [6.07, 6.45) is 2.71. The topological polar surface area (TPSA) is 83.7 Å². The molecule has 3 rings (SSSR count). The minimum Gasteiger partial charge on any atom is -0.361 e. The van der Waals surface area contributed by atoms with E-state index in [1.54, 1.807) is 11.8 Å². The second kappa shape index (κ2) is 7.15. The Bertz CT molecular complexity index is 823. The lowest BCUT2D eigenvalue weighted by Gasteiger charge is -2.43. The van der Waals surface area contributed by atoms with Crippen molar-refractivity contribution in [1.29, 1.82) is 0 Å². The molecule has 0 aliphatic carbocycles. The van der Waals surface area contributed by atoms with Gasteiger partial charge in [0, 0.05) is 25.7 Å². The third-order valence-corrected chi connectivity index (χ3v) is 6.97. The summed E-state index contributed by atoms with van der Waals surface area (Å²) < 4.78 is 29.8. The number of aromatic nitrogens is 1. The van der Waals surface area contributed by atoms with Crippen molar-refractivity contribution in [3.05, 3.63) is 28.7 Å². The molecule has 0 aromatic carbocycles. The molecule has 3 heterocycles. The predicted molar refractivity (Wildman–Crippen MR) is 98.9 cm³/mol. The van der Waals surface area contributed by atoms with Gasteiger partial charge in [-0.1, -0.05) is 23.7 Å². The van der Waals surface area contributed by atoms with Crippen LogP contribution in [0.25, 0.3) is 0 Å². The standard InChI is InChI=1S/C18H27N3O4S/c1-5-14-17(13(4)25-19-14)18(22)21-9-8-20(7-6-12(2)3)15-10-26(23,24)11-16(15)21/h6,15-16H,5,7-11H2,1-4H3. The molecule has 1 aromatic rings. The molecular weight excluding hydrogens is 354 g/mol. The highest BCUT2D eigenvalue weighted by molar-refractivity contribution is 7.91. The van der Waals surface area contributed by atoms with Crippen LogP contribution in [0.5, 0.6) is 0 Å². The maximum atomic E-state index is 13.2. The van der Waals surface area contributed by atoms with Crippen molar-refractivity contribution < 1.29 is 17.7 Å². The summed E-state index contributed by atoms with van der Waals surface area (Å²) in [6, 6.07) is -0.468. The number of nitrogens with zero attached hydrogens (tertiary/aromatic N) is 3. The van der Waals surface area contributed by atoms with Crippen LogP contribution in [0.3, 0.4) is 0 Å². The van der Waals surface area contributed by atoms with Gasteiger partial charge in [0.15, 0.2) is 9.84 Å². The predicted octanol–water partition coefficient (Wildman–Crippen LogP) is 1.44. The van der Waals surface area contributed by atoms with Crippen LogP contribution in [-0.2, 0) is 16.3 Å². The highest BCUT2D eigenvalue weighted by Gasteiger charge is 2.48. The number of sulfone groups is 1. The number of hydrogen-bond donors (Lipinski definition) is 0. The zero-order chi connectivity index (χ0) is 19.1. The quantitative estimate of drug-likeness (QED) is 0.734. The Kier molecular flexibility index (Phi) is 5.25. The fraction of sp³-hybridized carbons (Fsp3) is 0.667. The first-order valence-corrected chi connectivity index (χ1v) is 10.9. The number of amides is 1. The third-order valence-electron chi connectivity index (χ3n) is 5.27. The Hall–Kier alpha value is -1.67. The lowest BCUT2D eigenvalue weighted by molar-refractivity contribution is 0.0366. The molecule has 0 radical (unpaired) electrons. The van der Waals surface area contributed by atoms with Gasteiger partial charge >= 0.3 is 0 Å². The second-order valence-electron chi connectivity index (χ2n) is 7.40. The molecule has 0 N–H and O–H groups in total. The largest absolute Gasteiger partial charge is 0.361 e. The van der Waals surface area contributed by atoms with Crippen LogP contribution in [0.15, 0.2) is 16.2 Å². The van der Waals surface area contributed by atoms with E-state index >= 15 is 0 Å².